The highest BCUT2D eigenvalue weighted by molar-refractivity contribution is 9.10. The van der Waals surface area contributed by atoms with Crippen molar-refractivity contribution in [3.8, 4) is 5.75 Å². The van der Waals surface area contributed by atoms with Gasteiger partial charge in [-0.25, -0.2) is 8.42 Å². The molecule has 0 fully saturated rings. The molecule has 2 aromatic rings. The lowest BCUT2D eigenvalue weighted by Gasteiger charge is -2.14. The van der Waals surface area contributed by atoms with Gasteiger partial charge in [-0.2, -0.15) is 0 Å². The van der Waals surface area contributed by atoms with E-state index in [1.165, 1.54) is 0 Å². The van der Waals surface area contributed by atoms with Crippen LogP contribution in [0.25, 0.3) is 0 Å². The first kappa shape index (κ1) is 21.4. The Morgan fingerprint density at radius 3 is 2.48 bits per heavy atom. The van der Waals surface area contributed by atoms with Gasteiger partial charge in [0.05, 0.1) is 12.9 Å². The van der Waals surface area contributed by atoms with E-state index in [1.807, 2.05) is 37.3 Å². The number of ether oxygens (including phenoxy) is 1. The molecule has 0 aliphatic heterocycles. The highest BCUT2D eigenvalue weighted by atomic mass is 79.9. The lowest BCUT2D eigenvalue weighted by atomic mass is 10.1. The highest BCUT2D eigenvalue weighted by Gasteiger charge is 2.19. The molecule has 7 heteroatoms. The van der Waals surface area contributed by atoms with Crippen molar-refractivity contribution < 1.29 is 17.9 Å². The molecule has 0 saturated carbocycles. The third-order valence-corrected chi connectivity index (χ3v) is 6.03. The molecular weight excluding hydrogens is 430 g/mol. The molecule has 0 bridgehead atoms. The number of carbonyl (C=O) groups excluding carboxylic acids is 1. The average Bonchev–Trinajstić information content (AvgIpc) is 2.59. The SMILES string of the molecule is COc1ccc(CCC(C)NC(=O)CS(=O)(=O)Cc2cccc(Br)c2)cc1. The van der Waals surface area contributed by atoms with Crippen LogP contribution in [0.2, 0.25) is 0 Å². The fourth-order valence-corrected chi connectivity index (χ4v) is 4.41. The fraction of sp³-hybridized carbons (Fsp3) is 0.350. The predicted octanol–water partition coefficient (Wildman–Crippen LogP) is 3.51. The second-order valence-electron chi connectivity index (χ2n) is 6.52. The lowest BCUT2D eigenvalue weighted by molar-refractivity contribution is -0.119. The summed E-state index contributed by atoms with van der Waals surface area (Å²) in [7, 11) is -1.90. The largest absolute Gasteiger partial charge is 0.497 e. The van der Waals surface area contributed by atoms with Crippen molar-refractivity contribution in [1.29, 1.82) is 0 Å². The number of hydrogen-bond acceptors (Lipinski definition) is 4. The van der Waals surface area contributed by atoms with Gasteiger partial charge in [-0.15, -0.1) is 0 Å². The summed E-state index contributed by atoms with van der Waals surface area (Å²) in [4.78, 5) is 12.1. The van der Waals surface area contributed by atoms with Gasteiger partial charge in [-0.1, -0.05) is 40.2 Å². The summed E-state index contributed by atoms with van der Waals surface area (Å²) < 4.78 is 30.4. The zero-order valence-corrected chi connectivity index (χ0v) is 17.8. The van der Waals surface area contributed by atoms with Crippen LogP contribution in [0.5, 0.6) is 5.75 Å². The second-order valence-corrected chi connectivity index (χ2v) is 9.50. The Balaban J connectivity index is 1.80. The van der Waals surface area contributed by atoms with Gasteiger partial charge in [0.15, 0.2) is 9.84 Å². The van der Waals surface area contributed by atoms with Gasteiger partial charge >= 0.3 is 0 Å². The maximum Gasteiger partial charge on any atom is 0.235 e. The number of hydrogen-bond donors (Lipinski definition) is 1. The van der Waals surface area contributed by atoms with Crippen molar-refractivity contribution in [2.24, 2.45) is 0 Å². The van der Waals surface area contributed by atoms with Crippen LogP contribution in [0, 0.1) is 0 Å². The van der Waals surface area contributed by atoms with E-state index < -0.39 is 21.5 Å². The summed E-state index contributed by atoms with van der Waals surface area (Å²) in [5, 5.41) is 2.77. The monoisotopic (exact) mass is 453 g/mol. The van der Waals surface area contributed by atoms with E-state index >= 15 is 0 Å². The van der Waals surface area contributed by atoms with Gasteiger partial charge in [0.25, 0.3) is 0 Å². The summed E-state index contributed by atoms with van der Waals surface area (Å²) in [5.74, 6) is -0.324. The molecule has 5 nitrogen and oxygen atoms in total. The van der Waals surface area contributed by atoms with E-state index in [9.17, 15) is 13.2 Å². The van der Waals surface area contributed by atoms with Crippen LogP contribution in [0.3, 0.4) is 0 Å². The molecule has 0 aromatic heterocycles. The number of carbonyl (C=O) groups is 1. The molecule has 2 rings (SSSR count). The first-order chi connectivity index (χ1) is 12.8. The first-order valence-corrected chi connectivity index (χ1v) is 11.3. The fourth-order valence-electron chi connectivity index (χ4n) is 2.70. The number of aryl methyl sites for hydroxylation is 1. The van der Waals surface area contributed by atoms with Crippen LogP contribution in [-0.4, -0.2) is 33.2 Å². The first-order valence-electron chi connectivity index (χ1n) is 8.64. The standard InChI is InChI=1S/C20H24BrNO4S/c1-15(6-7-16-8-10-19(26-2)11-9-16)22-20(23)14-27(24,25)13-17-4-3-5-18(21)12-17/h3-5,8-12,15H,6-7,13-14H2,1-2H3,(H,22,23). The van der Waals surface area contributed by atoms with E-state index in [4.69, 9.17) is 4.74 Å². The van der Waals surface area contributed by atoms with Crippen LogP contribution in [0.15, 0.2) is 53.0 Å². The summed E-state index contributed by atoms with van der Waals surface area (Å²) in [5.41, 5.74) is 1.80. The van der Waals surface area contributed by atoms with Crippen molar-refractivity contribution in [1.82, 2.24) is 5.32 Å². The molecule has 1 amide bonds. The van der Waals surface area contributed by atoms with Crippen LogP contribution >= 0.6 is 15.9 Å². The van der Waals surface area contributed by atoms with Crippen molar-refractivity contribution in [2.75, 3.05) is 12.9 Å². The summed E-state index contributed by atoms with van der Waals surface area (Å²) in [6, 6.07) is 14.7. The summed E-state index contributed by atoms with van der Waals surface area (Å²) >= 11 is 3.32. The third-order valence-electron chi connectivity index (χ3n) is 4.06. The normalized spacial score (nSPS) is 12.4. The lowest BCUT2D eigenvalue weighted by Crippen LogP contribution is -2.37. The van der Waals surface area contributed by atoms with Crippen molar-refractivity contribution in [2.45, 2.75) is 31.6 Å². The summed E-state index contributed by atoms with van der Waals surface area (Å²) in [6.45, 7) is 1.88. The molecule has 1 atom stereocenters. The quantitative estimate of drug-likeness (QED) is 0.630. The highest BCUT2D eigenvalue weighted by Crippen LogP contribution is 2.15. The van der Waals surface area contributed by atoms with Crippen LogP contribution < -0.4 is 10.1 Å². The van der Waals surface area contributed by atoms with E-state index in [0.29, 0.717) is 5.56 Å². The molecule has 146 valence electrons. The Bertz CT molecular complexity index is 866. The molecule has 0 heterocycles. The zero-order valence-electron chi connectivity index (χ0n) is 15.4. The molecule has 0 radical (unpaired) electrons. The maximum absolute atomic E-state index is 12.3. The van der Waals surface area contributed by atoms with Crippen LogP contribution in [-0.2, 0) is 26.8 Å². The van der Waals surface area contributed by atoms with Gasteiger partial charge in [-0.05, 0) is 55.2 Å². The zero-order chi connectivity index (χ0) is 19.9. The molecular formula is C20H24BrNO4S. The van der Waals surface area contributed by atoms with Gasteiger partial charge in [0.1, 0.15) is 11.5 Å². The molecule has 0 saturated heterocycles. The number of amides is 1. The minimum atomic E-state index is -3.52. The Kier molecular flexibility index (Phi) is 7.86. The minimum Gasteiger partial charge on any atom is -0.497 e. The minimum absolute atomic E-state index is 0.110. The van der Waals surface area contributed by atoms with Gasteiger partial charge in [-0.3, -0.25) is 4.79 Å². The molecule has 0 aliphatic carbocycles. The van der Waals surface area contributed by atoms with Crippen molar-refractivity contribution >= 4 is 31.7 Å². The topological polar surface area (TPSA) is 72.5 Å². The Labute approximate surface area is 169 Å². The Morgan fingerprint density at radius 1 is 1.15 bits per heavy atom. The smallest absolute Gasteiger partial charge is 0.235 e. The Morgan fingerprint density at radius 2 is 1.85 bits per heavy atom. The molecule has 1 N–H and O–H groups in total. The average molecular weight is 454 g/mol. The maximum atomic E-state index is 12.3. The molecule has 0 spiro atoms. The number of benzene rings is 2. The molecule has 0 aliphatic rings. The molecule has 2 aromatic carbocycles. The van der Waals surface area contributed by atoms with E-state index in [-0.39, 0.29) is 11.8 Å². The number of nitrogens with one attached hydrogen (secondary N) is 1. The molecule has 27 heavy (non-hydrogen) atoms. The van der Waals surface area contributed by atoms with Crippen molar-refractivity contribution in [3.63, 3.8) is 0 Å². The second kappa shape index (κ2) is 9.90. The van der Waals surface area contributed by atoms with E-state index in [2.05, 4.69) is 21.2 Å². The number of rotatable bonds is 9. The number of sulfone groups is 1. The predicted molar refractivity (Wildman–Crippen MR) is 111 cm³/mol. The number of methoxy groups -OCH3 is 1. The molecule has 1 unspecified atom stereocenters. The van der Waals surface area contributed by atoms with Gasteiger partial charge < -0.3 is 10.1 Å². The van der Waals surface area contributed by atoms with Crippen molar-refractivity contribution in [3.05, 3.63) is 64.1 Å². The Hall–Kier alpha value is -1.86. The van der Waals surface area contributed by atoms with Crippen LogP contribution in [0.4, 0.5) is 0 Å². The van der Waals surface area contributed by atoms with Gasteiger partial charge in [0.2, 0.25) is 5.91 Å². The summed E-state index contributed by atoms with van der Waals surface area (Å²) in [6.07, 6.45) is 1.51. The third kappa shape index (κ3) is 7.72. The van der Waals surface area contributed by atoms with Crippen LogP contribution in [0.1, 0.15) is 24.5 Å². The van der Waals surface area contributed by atoms with E-state index in [1.54, 1.807) is 25.3 Å². The van der Waals surface area contributed by atoms with E-state index in [0.717, 1.165) is 28.6 Å². The van der Waals surface area contributed by atoms with Gasteiger partial charge in [0, 0.05) is 10.5 Å². The number of halogens is 1.